The molecular weight excluding hydrogens is 292 g/mol. The number of rotatable bonds is 8. The van der Waals surface area contributed by atoms with E-state index in [2.05, 4.69) is 14.9 Å². The molecule has 0 aliphatic rings. The standard InChI is InChI=1S/C9H16N4O4S2/c1-3-7-11-12-9(18-6-8(14)15)13(7)5-4-10-19(2,16)17/h10H,3-6H2,1-2H3,(H,14,15). The minimum absolute atomic E-state index is 0.110. The third-order valence-electron chi connectivity index (χ3n) is 2.13. The van der Waals surface area contributed by atoms with Crippen LogP contribution in [0.1, 0.15) is 12.7 Å². The normalized spacial score (nSPS) is 11.7. The van der Waals surface area contributed by atoms with Crippen LogP contribution in [0.5, 0.6) is 0 Å². The Hall–Kier alpha value is -1.13. The van der Waals surface area contributed by atoms with Crippen molar-refractivity contribution in [3.8, 4) is 0 Å². The van der Waals surface area contributed by atoms with Crippen molar-refractivity contribution in [2.45, 2.75) is 25.0 Å². The van der Waals surface area contributed by atoms with E-state index in [-0.39, 0.29) is 12.3 Å². The van der Waals surface area contributed by atoms with Crippen LogP contribution >= 0.6 is 11.8 Å². The Bertz CT molecular complexity index is 540. The van der Waals surface area contributed by atoms with E-state index >= 15 is 0 Å². The van der Waals surface area contributed by atoms with Gasteiger partial charge in [0.05, 0.1) is 12.0 Å². The van der Waals surface area contributed by atoms with Gasteiger partial charge in [-0.15, -0.1) is 10.2 Å². The lowest BCUT2D eigenvalue weighted by Gasteiger charge is -2.08. The van der Waals surface area contributed by atoms with Crippen molar-refractivity contribution in [2.24, 2.45) is 0 Å². The Morgan fingerprint density at radius 1 is 1.47 bits per heavy atom. The van der Waals surface area contributed by atoms with Gasteiger partial charge in [0.2, 0.25) is 10.0 Å². The molecule has 0 amide bonds. The van der Waals surface area contributed by atoms with Gasteiger partial charge < -0.3 is 9.67 Å². The summed E-state index contributed by atoms with van der Waals surface area (Å²) >= 11 is 1.06. The third-order valence-corrected chi connectivity index (χ3v) is 3.81. The van der Waals surface area contributed by atoms with Gasteiger partial charge in [-0.05, 0) is 0 Å². The van der Waals surface area contributed by atoms with Gasteiger partial charge in [0.15, 0.2) is 5.16 Å². The number of aliphatic carboxylic acids is 1. The summed E-state index contributed by atoms with van der Waals surface area (Å²) in [5, 5.41) is 17.0. The highest BCUT2D eigenvalue weighted by atomic mass is 32.2. The topological polar surface area (TPSA) is 114 Å². The van der Waals surface area contributed by atoms with Crippen LogP contribution in [-0.2, 0) is 27.8 Å². The average Bonchev–Trinajstić information content (AvgIpc) is 2.67. The fourth-order valence-corrected chi connectivity index (χ4v) is 2.55. The molecule has 0 atom stereocenters. The first kappa shape index (κ1) is 15.9. The molecule has 1 aromatic heterocycles. The van der Waals surface area contributed by atoms with Crippen LogP contribution in [-0.4, -0.2) is 52.8 Å². The molecule has 0 radical (unpaired) electrons. The number of hydrogen-bond acceptors (Lipinski definition) is 6. The van der Waals surface area contributed by atoms with Crippen LogP contribution in [0.3, 0.4) is 0 Å². The van der Waals surface area contributed by atoms with Crippen molar-refractivity contribution in [3.63, 3.8) is 0 Å². The molecule has 0 bridgehead atoms. The van der Waals surface area contributed by atoms with Gasteiger partial charge in [0.25, 0.3) is 0 Å². The van der Waals surface area contributed by atoms with Crippen LogP contribution in [0, 0.1) is 0 Å². The van der Waals surface area contributed by atoms with E-state index in [0.29, 0.717) is 23.9 Å². The molecule has 0 spiro atoms. The minimum atomic E-state index is -3.24. The summed E-state index contributed by atoms with van der Waals surface area (Å²) < 4.78 is 26.1. The summed E-state index contributed by atoms with van der Waals surface area (Å²) in [6.07, 6.45) is 1.72. The number of aryl methyl sites for hydroxylation is 1. The molecule has 0 aliphatic carbocycles. The van der Waals surface area contributed by atoms with Crippen molar-refractivity contribution >= 4 is 27.8 Å². The number of hydrogen-bond donors (Lipinski definition) is 2. The number of aromatic nitrogens is 3. The van der Waals surface area contributed by atoms with E-state index in [0.717, 1.165) is 18.0 Å². The van der Waals surface area contributed by atoms with E-state index in [1.165, 1.54) is 0 Å². The predicted octanol–water partition coefficient (Wildman–Crippen LogP) is -0.434. The Morgan fingerprint density at radius 3 is 2.68 bits per heavy atom. The number of thioether (sulfide) groups is 1. The highest BCUT2D eigenvalue weighted by Crippen LogP contribution is 2.16. The molecule has 108 valence electrons. The van der Waals surface area contributed by atoms with Gasteiger partial charge in [0, 0.05) is 19.5 Å². The first-order valence-corrected chi connectivity index (χ1v) is 8.42. The number of carboxylic acids is 1. The summed E-state index contributed by atoms with van der Waals surface area (Å²) in [6, 6.07) is 0. The second-order valence-corrected chi connectivity index (χ2v) is 6.53. The van der Waals surface area contributed by atoms with Crippen molar-refractivity contribution in [1.29, 1.82) is 0 Å². The molecule has 2 N–H and O–H groups in total. The number of carboxylic acid groups (broad SMARTS) is 1. The molecule has 0 aromatic carbocycles. The van der Waals surface area contributed by atoms with Crippen molar-refractivity contribution in [2.75, 3.05) is 18.6 Å². The first-order valence-electron chi connectivity index (χ1n) is 5.54. The van der Waals surface area contributed by atoms with Gasteiger partial charge in [-0.25, -0.2) is 13.1 Å². The largest absolute Gasteiger partial charge is 0.481 e. The average molecular weight is 308 g/mol. The first-order chi connectivity index (χ1) is 8.83. The van der Waals surface area contributed by atoms with Crippen LogP contribution in [0.4, 0.5) is 0 Å². The van der Waals surface area contributed by atoms with E-state index in [9.17, 15) is 13.2 Å². The van der Waals surface area contributed by atoms with Crippen LogP contribution < -0.4 is 4.72 Å². The Labute approximate surface area is 115 Å². The molecule has 0 fully saturated rings. The van der Waals surface area contributed by atoms with E-state index < -0.39 is 16.0 Å². The maximum atomic E-state index is 11.0. The summed E-state index contributed by atoms with van der Waals surface area (Å²) in [5.74, 6) is -0.350. The Balaban J connectivity index is 2.72. The molecule has 8 nitrogen and oxygen atoms in total. The zero-order valence-corrected chi connectivity index (χ0v) is 12.3. The molecule has 0 saturated heterocycles. The fourth-order valence-electron chi connectivity index (χ4n) is 1.38. The zero-order valence-electron chi connectivity index (χ0n) is 10.7. The minimum Gasteiger partial charge on any atom is -0.481 e. The molecule has 0 saturated carbocycles. The number of sulfonamides is 1. The Kier molecular flexibility index (Phi) is 5.76. The SMILES string of the molecule is CCc1nnc(SCC(=O)O)n1CCNS(C)(=O)=O. The lowest BCUT2D eigenvalue weighted by Crippen LogP contribution is -2.26. The second-order valence-electron chi connectivity index (χ2n) is 3.75. The predicted molar refractivity (Wildman–Crippen MR) is 70.6 cm³/mol. The Morgan fingerprint density at radius 2 is 2.16 bits per heavy atom. The number of carbonyl (C=O) groups is 1. The number of nitrogens with one attached hydrogen (secondary N) is 1. The molecule has 0 unspecified atom stereocenters. The molecular formula is C9H16N4O4S2. The van der Waals surface area contributed by atoms with Gasteiger partial charge in [-0.3, -0.25) is 4.79 Å². The van der Waals surface area contributed by atoms with Crippen molar-refractivity contribution in [3.05, 3.63) is 5.82 Å². The monoisotopic (exact) mass is 308 g/mol. The highest BCUT2D eigenvalue weighted by molar-refractivity contribution is 7.99. The third kappa shape index (κ3) is 5.57. The molecule has 1 heterocycles. The fraction of sp³-hybridized carbons (Fsp3) is 0.667. The smallest absolute Gasteiger partial charge is 0.313 e. The van der Waals surface area contributed by atoms with E-state index in [4.69, 9.17) is 5.11 Å². The molecule has 10 heteroatoms. The van der Waals surface area contributed by atoms with Gasteiger partial charge in [-0.2, -0.15) is 0 Å². The molecule has 1 rings (SSSR count). The van der Waals surface area contributed by atoms with Crippen molar-refractivity contribution < 1.29 is 18.3 Å². The molecule has 19 heavy (non-hydrogen) atoms. The quantitative estimate of drug-likeness (QED) is 0.626. The summed E-state index contributed by atoms with van der Waals surface area (Å²) in [7, 11) is -3.24. The maximum absolute atomic E-state index is 11.0. The second kappa shape index (κ2) is 6.87. The summed E-state index contributed by atoms with van der Waals surface area (Å²) in [6.45, 7) is 2.48. The van der Waals surface area contributed by atoms with Crippen LogP contribution in [0.25, 0.3) is 0 Å². The van der Waals surface area contributed by atoms with E-state index in [1.807, 2.05) is 6.92 Å². The summed E-state index contributed by atoms with van der Waals surface area (Å²) in [5.41, 5.74) is 0. The van der Waals surface area contributed by atoms with Gasteiger partial charge in [0.1, 0.15) is 5.82 Å². The maximum Gasteiger partial charge on any atom is 0.313 e. The van der Waals surface area contributed by atoms with E-state index in [1.54, 1.807) is 4.57 Å². The summed E-state index contributed by atoms with van der Waals surface area (Å²) in [4.78, 5) is 10.5. The molecule has 0 aliphatic heterocycles. The number of nitrogens with zero attached hydrogens (tertiary/aromatic N) is 3. The lowest BCUT2D eigenvalue weighted by atomic mass is 10.4. The molecule has 1 aromatic rings. The van der Waals surface area contributed by atoms with Crippen LogP contribution in [0.2, 0.25) is 0 Å². The zero-order chi connectivity index (χ0) is 14.5. The van der Waals surface area contributed by atoms with Crippen molar-refractivity contribution in [1.82, 2.24) is 19.5 Å². The van der Waals surface area contributed by atoms with Gasteiger partial charge >= 0.3 is 5.97 Å². The van der Waals surface area contributed by atoms with Crippen LogP contribution in [0.15, 0.2) is 5.16 Å². The highest BCUT2D eigenvalue weighted by Gasteiger charge is 2.13. The lowest BCUT2D eigenvalue weighted by molar-refractivity contribution is -0.133. The van der Waals surface area contributed by atoms with Gasteiger partial charge in [-0.1, -0.05) is 18.7 Å².